The molecule has 7 nitrogen and oxygen atoms in total. The van der Waals surface area contributed by atoms with Crippen molar-refractivity contribution in [3.63, 3.8) is 0 Å². The highest BCUT2D eigenvalue weighted by atomic mass is 19.1. The molecular weight excluding hydrogens is 435 g/mol. The van der Waals surface area contributed by atoms with Crippen LogP contribution in [0.1, 0.15) is 54.7 Å². The quantitative estimate of drug-likeness (QED) is 0.184. The highest BCUT2D eigenvalue weighted by Gasteiger charge is 2.16. The number of nitrogens with one attached hydrogen (secondary N) is 1. The first kappa shape index (κ1) is 23.6. The van der Waals surface area contributed by atoms with Crippen molar-refractivity contribution in [3.8, 4) is 11.1 Å². The second-order valence-corrected chi connectivity index (χ2v) is 8.64. The molecule has 3 heterocycles. The first-order chi connectivity index (χ1) is 16.5. The van der Waals surface area contributed by atoms with E-state index in [4.69, 9.17) is 14.7 Å². The van der Waals surface area contributed by atoms with Crippen molar-refractivity contribution in [1.82, 2.24) is 20.2 Å². The van der Waals surface area contributed by atoms with Crippen molar-refractivity contribution < 1.29 is 18.9 Å². The van der Waals surface area contributed by atoms with Crippen molar-refractivity contribution in [1.29, 1.82) is 0 Å². The summed E-state index contributed by atoms with van der Waals surface area (Å²) in [4.78, 5) is 15.9. The molecule has 0 aliphatic heterocycles. The van der Waals surface area contributed by atoms with E-state index in [1.165, 1.54) is 12.1 Å². The topological polar surface area (TPSA) is 93.2 Å². The molecule has 4 aromatic rings. The summed E-state index contributed by atoms with van der Waals surface area (Å²) >= 11 is 0. The van der Waals surface area contributed by atoms with Crippen LogP contribution in [-0.2, 0) is 17.8 Å². The summed E-state index contributed by atoms with van der Waals surface area (Å²) in [5.74, 6) is 0.165. The molecule has 8 heteroatoms. The fourth-order valence-electron chi connectivity index (χ4n) is 4.38. The Morgan fingerprint density at radius 2 is 1.91 bits per heavy atom. The number of fused-ring (bicyclic) bond motifs is 1. The molecule has 34 heavy (non-hydrogen) atoms. The first-order valence-electron chi connectivity index (χ1n) is 11.5. The van der Waals surface area contributed by atoms with Gasteiger partial charge < -0.3 is 9.09 Å². The number of rotatable bonds is 10. The molecule has 0 saturated carbocycles. The maximum absolute atomic E-state index is 13.4. The van der Waals surface area contributed by atoms with Crippen molar-refractivity contribution >= 4 is 16.9 Å². The molecule has 3 aromatic heterocycles. The van der Waals surface area contributed by atoms with Gasteiger partial charge in [-0.3, -0.25) is 10.0 Å². The molecule has 0 bridgehead atoms. The van der Waals surface area contributed by atoms with Crippen LogP contribution in [0.5, 0.6) is 0 Å². The normalized spacial score (nSPS) is 11.3. The average molecular weight is 465 g/mol. The van der Waals surface area contributed by atoms with Gasteiger partial charge in [0.1, 0.15) is 17.2 Å². The molecule has 178 valence electrons. The van der Waals surface area contributed by atoms with E-state index in [-0.39, 0.29) is 11.7 Å². The monoisotopic (exact) mass is 464 g/mol. The van der Waals surface area contributed by atoms with Gasteiger partial charge in [0.05, 0.1) is 5.69 Å². The lowest BCUT2D eigenvalue weighted by molar-refractivity contribution is -0.129. The van der Waals surface area contributed by atoms with Gasteiger partial charge >= 0.3 is 0 Å². The number of hydrogen-bond acceptors (Lipinski definition) is 5. The highest BCUT2D eigenvalue weighted by molar-refractivity contribution is 5.86. The third kappa shape index (κ3) is 5.34. The zero-order chi connectivity index (χ0) is 24.1. The molecule has 2 N–H and O–H groups in total. The fourth-order valence-corrected chi connectivity index (χ4v) is 4.38. The third-order valence-electron chi connectivity index (χ3n) is 6.10. The third-order valence-corrected chi connectivity index (χ3v) is 6.10. The van der Waals surface area contributed by atoms with Gasteiger partial charge in [0.2, 0.25) is 5.91 Å². The molecule has 1 amide bonds. The van der Waals surface area contributed by atoms with Crippen LogP contribution in [-0.4, -0.2) is 25.8 Å². The van der Waals surface area contributed by atoms with Gasteiger partial charge in [-0.1, -0.05) is 30.1 Å². The molecule has 0 radical (unpaired) electrons. The van der Waals surface area contributed by atoms with Gasteiger partial charge in [-0.15, -0.1) is 0 Å². The average Bonchev–Trinajstić information content (AvgIpc) is 3.35. The van der Waals surface area contributed by atoms with Gasteiger partial charge in [0.15, 0.2) is 0 Å². The van der Waals surface area contributed by atoms with Crippen LogP contribution in [0.3, 0.4) is 0 Å². The number of aryl methyl sites for hydroxylation is 3. The Balaban J connectivity index is 1.58. The molecule has 0 aliphatic carbocycles. The van der Waals surface area contributed by atoms with E-state index in [0.29, 0.717) is 12.8 Å². The van der Waals surface area contributed by atoms with Crippen LogP contribution in [0.4, 0.5) is 4.39 Å². The molecule has 0 atom stereocenters. The predicted molar refractivity (Wildman–Crippen MR) is 127 cm³/mol. The lowest BCUT2D eigenvalue weighted by atomic mass is 10.0. The van der Waals surface area contributed by atoms with Crippen LogP contribution >= 0.6 is 0 Å². The van der Waals surface area contributed by atoms with E-state index in [9.17, 15) is 9.18 Å². The SMILES string of the molecule is Cc1noc(C)c1-c1cnc2c(c1)c(Cc1ccc(F)cc1)cn2CCCCCCC(=O)NO. The maximum atomic E-state index is 13.4. The summed E-state index contributed by atoms with van der Waals surface area (Å²) in [6, 6.07) is 8.73. The van der Waals surface area contributed by atoms with Crippen molar-refractivity contribution in [2.24, 2.45) is 0 Å². The van der Waals surface area contributed by atoms with Crippen LogP contribution in [0.15, 0.2) is 47.2 Å². The number of hydrogen-bond donors (Lipinski definition) is 2. The highest BCUT2D eigenvalue weighted by Crippen LogP contribution is 2.31. The zero-order valence-corrected chi connectivity index (χ0v) is 19.5. The van der Waals surface area contributed by atoms with Crippen molar-refractivity contribution in [2.45, 2.75) is 58.9 Å². The van der Waals surface area contributed by atoms with E-state index >= 15 is 0 Å². The molecule has 0 fully saturated rings. The number of pyridine rings is 1. The molecule has 4 rings (SSSR count). The first-order valence-corrected chi connectivity index (χ1v) is 11.5. The maximum Gasteiger partial charge on any atom is 0.243 e. The van der Waals surface area contributed by atoms with Gasteiger partial charge in [0.25, 0.3) is 0 Å². The van der Waals surface area contributed by atoms with E-state index in [1.807, 2.05) is 32.2 Å². The van der Waals surface area contributed by atoms with Crippen LogP contribution in [0, 0.1) is 19.7 Å². The number of halogens is 1. The molecule has 0 saturated heterocycles. The van der Waals surface area contributed by atoms with Crippen LogP contribution < -0.4 is 5.48 Å². The summed E-state index contributed by atoms with van der Waals surface area (Å²) in [6.45, 7) is 4.63. The smallest absolute Gasteiger partial charge is 0.243 e. The summed E-state index contributed by atoms with van der Waals surface area (Å²) in [5, 5.41) is 13.7. The van der Waals surface area contributed by atoms with Crippen molar-refractivity contribution in [3.05, 3.63) is 71.1 Å². The second kappa shape index (κ2) is 10.6. The Hall–Kier alpha value is -3.52. The largest absolute Gasteiger partial charge is 0.361 e. The van der Waals surface area contributed by atoms with Crippen LogP contribution in [0.25, 0.3) is 22.2 Å². The molecule has 0 spiro atoms. The van der Waals surface area contributed by atoms with E-state index in [1.54, 1.807) is 5.48 Å². The summed E-state index contributed by atoms with van der Waals surface area (Å²) in [7, 11) is 0. The molecule has 0 aliphatic rings. The lowest BCUT2D eigenvalue weighted by Crippen LogP contribution is -2.17. The number of carbonyl (C=O) groups is 1. The number of benzene rings is 1. The lowest BCUT2D eigenvalue weighted by Gasteiger charge is -2.06. The summed E-state index contributed by atoms with van der Waals surface area (Å²) in [5.41, 5.74) is 7.49. The Labute approximate surface area is 197 Å². The Morgan fingerprint density at radius 1 is 1.15 bits per heavy atom. The van der Waals surface area contributed by atoms with Gasteiger partial charge in [-0.2, -0.15) is 0 Å². The number of unbranched alkanes of at least 4 members (excludes halogenated alkanes) is 3. The minimum Gasteiger partial charge on any atom is -0.361 e. The number of hydroxylamine groups is 1. The standard InChI is InChI=1S/C26H29FN4O3/c1-17-25(18(2)34-30-17)20-14-23-21(13-19-8-10-22(27)11-9-19)16-31(26(23)28-15-20)12-6-4-3-5-7-24(32)29-33/h8-11,14-16,33H,3-7,12-13H2,1-2H3,(H,29,32). The summed E-state index contributed by atoms with van der Waals surface area (Å²) < 4.78 is 20.9. The number of aromatic nitrogens is 3. The Kier molecular flexibility index (Phi) is 7.37. The minimum atomic E-state index is -0.347. The second-order valence-electron chi connectivity index (χ2n) is 8.64. The fraction of sp³-hybridized carbons (Fsp3) is 0.346. The van der Waals surface area contributed by atoms with Gasteiger partial charge in [0, 0.05) is 41.9 Å². The molecule has 1 aromatic carbocycles. The van der Waals surface area contributed by atoms with E-state index in [0.717, 1.165) is 77.0 Å². The van der Waals surface area contributed by atoms with Crippen molar-refractivity contribution in [2.75, 3.05) is 0 Å². The van der Waals surface area contributed by atoms with Gasteiger partial charge in [-0.25, -0.2) is 14.9 Å². The Bertz CT molecular complexity index is 1260. The predicted octanol–water partition coefficient (Wildman–Crippen LogP) is 5.49. The number of amides is 1. The minimum absolute atomic E-state index is 0.245. The molecule has 0 unspecified atom stereocenters. The number of nitrogens with zero attached hydrogens (tertiary/aromatic N) is 3. The zero-order valence-electron chi connectivity index (χ0n) is 19.5. The summed E-state index contributed by atoms with van der Waals surface area (Å²) in [6.07, 6.45) is 8.59. The molecular formula is C26H29FN4O3. The Morgan fingerprint density at radius 3 is 2.62 bits per heavy atom. The van der Waals surface area contributed by atoms with Gasteiger partial charge in [-0.05, 0) is 62.4 Å². The van der Waals surface area contributed by atoms with E-state index in [2.05, 4.69) is 22.0 Å². The van der Waals surface area contributed by atoms with E-state index < -0.39 is 0 Å². The number of carbonyl (C=O) groups excluding carboxylic acids is 1. The van der Waals surface area contributed by atoms with Crippen LogP contribution in [0.2, 0.25) is 0 Å².